The van der Waals surface area contributed by atoms with E-state index in [1.807, 2.05) is 0 Å². The molecule has 0 aliphatic carbocycles. The third kappa shape index (κ3) is 2.03. The summed E-state index contributed by atoms with van der Waals surface area (Å²) in [5.41, 5.74) is 0.135. The molecule has 1 heterocycles. The normalized spacial score (nSPS) is 15.0. The number of benzene rings is 1. The fraction of sp³-hybridized carbons (Fsp3) is 0.125. The Morgan fingerprint density at radius 3 is 2.75 bits per heavy atom. The van der Waals surface area contributed by atoms with Crippen LogP contribution in [0, 0.1) is 0 Å². The van der Waals surface area contributed by atoms with Gasteiger partial charge in [-0.05, 0) is 28.1 Å². The number of ether oxygens (including phenoxy) is 1. The minimum Gasteiger partial charge on any atom is -0.482 e. The van der Waals surface area contributed by atoms with Gasteiger partial charge in [0.25, 0.3) is 5.91 Å². The summed E-state index contributed by atoms with van der Waals surface area (Å²) in [5, 5.41) is 2.38. The topological polar surface area (TPSA) is 72.5 Å². The van der Waals surface area contributed by atoms with Crippen molar-refractivity contribution in [2.24, 2.45) is 0 Å². The number of carbonyl (C=O) groups is 1. The maximum atomic E-state index is 12.8. The highest BCUT2D eigenvalue weighted by Gasteiger charge is 2.23. The van der Waals surface area contributed by atoms with Gasteiger partial charge in [-0.2, -0.15) is 8.42 Å². The molecule has 0 aromatic heterocycles. The molecule has 0 unspecified atom stereocenters. The van der Waals surface area contributed by atoms with Gasteiger partial charge in [0.15, 0.2) is 6.61 Å². The maximum Gasteiger partial charge on any atom is 0.333 e. The number of rotatable bonds is 1. The van der Waals surface area contributed by atoms with Crippen LogP contribution in [0.1, 0.15) is 0 Å². The van der Waals surface area contributed by atoms with Crippen LogP contribution in [0.5, 0.6) is 5.75 Å². The van der Waals surface area contributed by atoms with Gasteiger partial charge in [0.05, 0.1) is 5.69 Å². The number of hydrogen-bond acceptors (Lipinski definition) is 4. The number of nitrogens with one attached hydrogen (secondary N) is 1. The summed E-state index contributed by atoms with van der Waals surface area (Å²) >= 11 is 2.91. The molecule has 16 heavy (non-hydrogen) atoms. The molecule has 0 atom stereocenters. The molecule has 1 aromatic carbocycles. The lowest BCUT2D eigenvalue weighted by atomic mass is 10.2. The van der Waals surface area contributed by atoms with Crippen molar-refractivity contribution in [3.05, 3.63) is 16.6 Å². The molecule has 1 aliphatic heterocycles. The second-order valence-corrected chi connectivity index (χ2v) is 5.22. The largest absolute Gasteiger partial charge is 0.482 e. The molecule has 0 saturated heterocycles. The zero-order valence-electron chi connectivity index (χ0n) is 7.66. The number of hydrogen-bond donors (Lipinski definition) is 1. The monoisotopic (exact) mass is 309 g/mol. The Balaban J connectivity index is 2.60. The Morgan fingerprint density at radius 2 is 2.12 bits per heavy atom. The summed E-state index contributed by atoms with van der Waals surface area (Å²) in [5.74, 6) is -0.129. The van der Waals surface area contributed by atoms with E-state index < -0.39 is 21.0 Å². The van der Waals surface area contributed by atoms with E-state index in [4.69, 9.17) is 4.74 Å². The summed E-state index contributed by atoms with van der Waals surface area (Å²) < 4.78 is 39.5. The van der Waals surface area contributed by atoms with Crippen molar-refractivity contribution < 1.29 is 21.8 Å². The highest BCUT2D eigenvalue weighted by Crippen LogP contribution is 2.36. The smallest absolute Gasteiger partial charge is 0.333 e. The van der Waals surface area contributed by atoms with Gasteiger partial charge in [0.2, 0.25) is 0 Å². The zero-order valence-corrected chi connectivity index (χ0v) is 10.1. The molecule has 0 fully saturated rings. The van der Waals surface area contributed by atoms with Crippen LogP contribution in [-0.2, 0) is 15.0 Å². The zero-order chi connectivity index (χ0) is 11.9. The van der Waals surface area contributed by atoms with Crippen LogP contribution in [0.4, 0.5) is 9.57 Å². The Kier molecular flexibility index (Phi) is 2.62. The molecule has 1 N–H and O–H groups in total. The second-order valence-electron chi connectivity index (χ2n) is 3.05. The van der Waals surface area contributed by atoms with E-state index in [1.54, 1.807) is 0 Å². The standard InChI is InChI=1S/C8H5BrFNO4S/c9-4-1-6-5(11-8(12)3-15-6)2-7(4)16(10,13)14/h1-2H,3H2,(H,11,12). The van der Waals surface area contributed by atoms with Crippen LogP contribution in [-0.4, -0.2) is 20.9 Å². The summed E-state index contributed by atoms with van der Waals surface area (Å²) in [4.78, 5) is 10.4. The molecule has 5 nitrogen and oxygen atoms in total. The molecular formula is C8H5BrFNO4S. The first-order valence-corrected chi connectivity index (χ1v) is 6.26. The lowest BCUT2D eigenvalue weighted by Gasteiger charge is -2.18. The highest BCUT2D eigenvalue weighted by atomic mass is 79.9. The molecule has 1 amide bonds. The second kappa shape index (κ2) is 3.70. The van der Waals surface area contributed by atoms with Crippen LogP contribution < -0.4 is 10.1 Å². The minimum absolute atomic E-state index is 0.0462. The van der Waals surface area contributed by atoms with Gasteiger partial charge in [0, 0.05) is 4.47 Å². The van der Waals surface area contributed by atoms with Crippen LogP contribution in [0.2, 0.25) is 0 Å². The van der Waals surface area contributed by atoms with Crippen molar-refractivity contribution in [2.45, 2.75) is 4.90 Å². The molecule has 0 spiro atoms. The first kappa shape index (κ1) is 11.3. The van der Waals surface area contributed by atoms with Crippen molar-refractivity contribution >= 4 is 37.7 Å². The summed E-state index contributed by atoms with van der Waals surface area (Å²) in [6.45, 7) is -0.152. The highest BCUT2D eigenvalue weighted by molar-refractivity contribution is 9.10. The maximum absolute atomic E-state index is 12.8. The van der Waals surface area contributed by atoms with Gasteiger partial charge in [-0.3, -0.25) is 4.79 Å². The summed E-state index contributed by atoms with van der Waals surface area (Å²) in [7, 11) is -4.84. The lowest BCUT2D eigenvalue weighted by molar-refractivity contribution is -0.118. The van der Waals surface area contributed by atoms with Gasteiger partial charge in [-0.25, -0.2) is 0 Å². The van der Waals surface area contributed by atoms with Crippen molar-refractivity contribution in [3.63, 3.8) is 0 Å². The van der Waals surface area contributed by atoms with E-state index in [-0.39, 0.29) is 16.8 Å². The van der Waals surface area contributed by atoms with Crippen LogP contribution in [0.15, 0.2) is 21.5 Å². The first-order valence-electron chi connectivity index (χ1n) is 4.09. The van der Waals surface area contributed by atoms with Crippen molar-refractivity contribution in [3.8, 4) is 5.75 Å². The van der Waals surface area contributed by atoms with Crippen molar-refractivity contribution in [1.29, 1.82) is 0 Å². The average molecular weight is 310 g/mol. The Bertz CT molecular complexity index is 572. The van der Waals surface area contributed by atoms with Gasteiger partial charge in [-0.15, -0.1) is 3.89 Å². The lowest BCUT2D eigenvalue weighted by Crippen LogP contribution is -2.25. The molecule has 2 rings (SSSR count). The number of halogens is 2. The van der Waals surface area contributed by atoms with E-state index in [0.29, 0.717) is 5.75 Å². The Hall–Kier alpha value is -1.15. The molecule has 0 bridgehead atoms. The molecular weight excluding hydrogens is 305 g/mol. The predicted molar refractivity (Wildman–Crippen MR) is 56.6 cm³/mol. The van der Waals surface area contributed by atoms with Gasteiger partial charge in [0.1, 0.15) is 10.6 Å². The molecule has 86 valence electrons. The van der Waals surface area contributed by atoms with E-state index in [0.717, 1.165) is 6.07 Å². The van der Waals surface area contributed by atoms with Crippen LogP contribution in [0.25, 0.3) is 0 Å². The molecule has 1 aromatic rings. The van der Waals surface area contributed by atoms with Crippen molar-refractivity contribution in [1.82, 2.24) is 0 Å². The Labute approximate surface area is 98.9 Å². The van der Waals surface area contributed by atoms with Crippen LogP contribution in [0.3, 0.4) is 0 Å². The van der Waals surface area contributed by atoms with E-state index in [2.05, 4.69) is 21.2 Å². The molecule has 0 saturated carbocycles. The fourth-order valence-electron chi connectivity index (χ4n) is 1.27. The third-order valence-corrected chi connectivity index (χ3v) is 3.71. The van der Waals surface area contributed by atoms with Crippen LogP contribution >= 0.6 is 15.9 Å². The predicted octanol–water partition coefficient (Wildman–Crippen LogP) is 1.44. The number of fused-ring (bicyclic) bond motifs is 1. The molecule has 1 aliphatic rings. The van der Waals surface area contributed by atoms with E-state index in [1.165, 1.54) is 6.07 Å². The average Bonchev–Trinajstić information content (AvgIpc) is 2.16. The van der Waals surface area contributed by atoms with Gasteiger partial charge < -0.3 is 10.1 Å². The van der Waals surface area contributed by atoms with Crippen molar-refractivity contribution in [2.75, 3.05) is 11.9 Å². The Morgan fingerprint density at radius 1 is 1.44 bits per heavy atom. The molecule has 8 heteroatoms. The third-order valence-electron chi connectivity index (χ3n) is 1.93. The molecule has 0 radical (unpaired) electrons. The van der Waals surface area contributed by atoms with E-state index >= 15 is 0 Å². The summed E-state index contributed by atoms with van der Waals surface area (Å²) in [6, 6.07) is 2.30. The van der Waals surface area contributed by atoms with E-state index in [9.17, 15) is 17.1 Å². The number of carbonyl (C=O) groups excluding carboxylic acids is 1. The first-order chi connectivity index (χ1) is 7.38. The quantitative estimate of drug-likeness (QED) is 0.797. The fourth-order valence-corrected chi connectivity index (χ4v) is 2.72. The number of anilines is 1. The summed E-state index contributed by atoms with van der Waals surface area (Å²) in [6.07, 6.45) is 0. The van der Waals surface area contributed by atoms with Gasteiger partial charge in [-0.1, -0.05) is 0 Å². The SMILES string of the molecule is O=C1COc2cc(Br)c(S(=O)(=O)F)cc2N1. The number of amides is 1. The van der Waals surface area contributed by atoms with Gasteiger partial charge >= 0.3 is 10.2 Å². The minimum atomic E-state index is -4.84.